The SMILES string of the molecule is CC/C=C\C/C=C\C/C=C\C/C=C\C/C=C\C/C=C\C/C=C\C/C=C\CCCCCCCCC(=O)OCC(COC(=O)CC/C=C\C/C=C\C/C=C\C/C=C\CC)OC(=O)CCCCCCC/C=C\C/C=C\C/C=C\CC. The molecule has 0 aromatic rings. The average Bonchev–Trinajstić information content (AvgIpc) is 3.43. The molecule has 0 aliphatic heterocycles. The van der Waals surface area contributed by atoms with Crippen LogP contribution in [-0.4, -0.2) is 37.2 Å². The Kier molecular flexibility index (Phi) is 58.6. The van der Waals surface area contributed by atoms with Gasteiger partial charge >= 0.3 is 17.9 Å². The van der Waals surface area contributed by atoms with Gasteiger partial charge in [-0.1, -0.05) is 248 Å². The lowest BCUT2D eigenvalue weighted by molar-refractivity contribution is -0.166. The van der Waals surface area contributed by atoms with Crippen molar-refractivity contribution in [3.8, 4) is 0 Å². The number of allylic oxidation sites excluding steroid dienone is 30. The molecule has 6 nitrogen and oxygen atoms in total. The van der Waals surface area contributed by atoms with Gasteiger partial charge in [-0.3, -0.25) is 14.4 Å². The molecule has 0 aromatic carbocycles. The van der Waals surface area contributed by atoms with Crippen LogP contribution in [0.4, 0.5) is 0 Å². The second kappa shape index (κ2) is 63.0. The third-order valence-corrected chi connectivity index (χ3v) is 11.9. The van der Waals surface area contributed by atoms with Crippen LogP contribution in [0.2, 0.25) is 0 Å². The van der Waals surface area contributed by atoms with Crippen LogP contribution in [-0.2, 0) is 28.6 Å². The maximum atomic E-state index is 12.8. The third-order valence-electron chi connectivity index (χ3n) is 11.9. The maximum Gasteiger partial charge on any atom is 0.306 e. The van der Waals surface area contributed by atoms with Gasteiger partial charge < -0.3 is 14.2 Å². The highest BCUT2D eigenvalue weighted by Crippen LogP contribution is 2.13. The Morgan fingerprint density at radius 1 is 0.260 bits per heavy atom. The molecular formula is C71H108O6. The molecule has 0 fully saturated rings. The number of carbonyl (C=O) groups excluding carboxylic acids is 3. The fraction of sp³-hybridized carbons (Fsp3) is 0.535. The third kappa shape index (κ3) is 61.2. The summed E-state index contributed by atoms with van der Waals surface area (Å²) in [5.41, 5.74) is 0. The van der Waals surface area contributed by atoms with Crippen LogP contribution in [0, 0.1) is 0 Å². The molecule has 0 aliphatic carbocycles. The van der Waals surface area contributed by atoms with E-state index in [1.54, 1.807) is 0 Å². The molecular weight excluding hydrogens is 949 g/mol. The fourth-order valence-corrected chi connectivity index (χ4v) is 7.48. The topological polar surface area (TPSA) is 78.9 Å². The van der Waals surface area contributed by atoms with Crippen LogP contribution in [0.1, 0.15) is 226 Å². The van der Waals surface area contributed by atoms with E-state index in [9.17, 15) is 14.4 Å². The van der Waals surface area contributed by atoms with Gasteiger partial charge in [0, 0.05) is 19.3 Å². The molecule has 0 spiro atoms. The first kappa shape index (κ1) is 71.5. The summed E-state index contributed by atoms with van der Waals surface area (Å²) in [5, 5.41) is 0. The molecule has 77 heavy (non-hydrogen) atoms. The van der Waals surface area contributed by atoms with Gasteiger partial charge in [-0.15, -0.1) is 0 Å². The van der Waals surface area contributed by atoms with Crippen molar-refractivity contribution < 1.29 is 28.6 Å². The molecule has 0 bridgehead atoms. The standard InChI is InChI=1S/C71H108O6/c1-4-7-10-13-16-19-22-25-27-28-29-30-31-32-33-34-35-36-37-38-39-40-41-42-44-46-49-52-55-58-61-64-70(73)76-67-68(66-75-69(72)63-60-57-54-51-48-45-24-21-18-15-12-9-6-3)77-71(74)65-62-59-56-53-50-47-43-26-23-20-17-14-11-8-5-2/h7-12,16-21,25-27,29-30,32-33,35-36,38-39,41-43,45,48,54,57,68H,4-6,13-15,22-24,28,31,34,37,40,44,46-47,49-53,55-56,58-67H2,1-3H3/b10-7-,11-8-,12-9-,19-16-,20-17-,21-18-,27-25-,30-29-,33-32-,36-35-,39-38-,42-41-,43-26-,48-45-,57-54-. The Balaban J connectivity index is 4.41. The minimum atomic E-state index is -0.833. The van der Waals surface area contributed by atoms with E-state index in [0.717, 1.165) is 167 Å². The van der Waals surface area contributed by atoms with E-state index in [1.807, 2.05) is 12.2 Å². The Morgan fingerprint density at radius 2 is 0.494 bits per heavy atom. The molecule has 0 rings (SSSR count). The predicted octanol–water partition coefficient (Wildman–Crippen LogP) is 20.9. The zero-order valence-corrected chi connectivity index (χ0v) is 48.9. The van der Waals surface area contributed by atoms with Crippen LogP contribution in [0.25, 0.3) is 0 Å². The lowest BCUT2D eigenvalue weighted by Crippen LogP contribution is -2.30. The Hall–Kier alpha value is -5.49. The second-order valence-electron chi connectivity index (χ2n) is 19.1. The first-order valence-corrected chi connectivity index (χ1v) is 30.3. The molecule has 0 radical (unpaired) electrons. The molecule has 1 unspecified atom stereocenters. The van der Waals surface area contributed by atoms with Crippen LogP contribution >= 0.6 is 0 Å². The van der Waals surface area contributed by atoms with Crippen molar-refractivity contribution in [3.05, 3.63) is 182 Å². The summed E-state index contributed by atoms with van der Waals surface area (Å²) in [5.74, 6) is -1.05. The molecule has 0 aromatic heterocycles. The number of unbranched alkanes of at least 4 members (excludes halogenated alkanes) is 11. The number of carbonyl (C=O) groups is 3. The molecule has 0 N–H and O–H groups in total. The van der Waals surface area contributed by atoms with E-state index in [2.05, 4.69) is 191 Å². The number of hydrogen-bond acceptors (Lipinski definition) is 6. The van der Waals surface area contributed by atoms with Crippen molar-refractivity contribution in [2.45, 2.75) is 232 Å². The summed E-state index contributed by atoms with van der Waals surface area (Å²) in [6, 6.07) is 0. The fourth-order valence-electron chi connectivity index (χ4n) is 7.48. The summed E-state index contributed by atoms with van der Waals surface area (Å²) < 4.78 is 16.8. The van der Waals surface area contributed by atoms with Crippen molar-refractivity contribution in [1.29, 1.82) is 0 Å². The first-order chi connectivity index (χ1) is 38.0. The summed E-state index contributed by atoms with van der Waals surface area (Å²) in [6.45, 7) is 6.18. The molecule has 0 saturated heterocycles. The summed E-state index contributed by atoms with van der Waals surface area (Å²) in [7, 11) is 0. The van der Waals surface area contributed by atoms with Crippen LogP contribution in [0.15, 0.2) is 182 Å². The van der Waals surface area contributed by atoms with Crippen molar-refractivity contribution in [2.24, 2.45) is 0 Å². The van der Waals surface area contributed by atoms with Gasteiger partial charge in [0.2, 0.25) is 0 Å². The van der Waals surface area contributed by atoms with Gasteiger partial charge in [0.1, 0.15) is 13.2 Å². The number of hydrogen-bond donors (Lipinski definition) is 0. The lowest BCUT2D eigenvalue weighted by atomic mass is 10.1. The number of esters is 3. The summed E-state index contributed by atoms with van der Waals surface area (Å²) >= 11 is 0. The van der Waals surface area contributed by atoms with Gasteiger partial charge in [-0.05, 0) is 141 Å². The molecule has 1 atom stereocenters. The van der Waals surface area contributed by atoms with E-state index in [-0.39, 0.29) is 44.0 Å². The van der Waals surface area contributed by atoms with Crippen LogP contribution < -0.4 is 0 Å². The molecule has 0 heterocycles. The molecule has 0 saturated carbocycles. The molecule has 428 valence electrons. The summed E-state index contributed by atoms with van der Waals surface area (Å²) in [4.78, 5) is 38.1. The van der Waals surface area contributed by atoms with E-state index >= 15 is 0 Å². The summed E-state index contributed by atoms with van der Waals surface area (Å²) in [6.07, 6.45) is 94.8. The van der Waals surface area contributed by atoms with E-state index in [4.69, 9.17) is 14.2 Å². The Bertz CT molecular complexity index is 1840. The van der Waals surface area contributed by atoms with E-state index < -0.39 is 6.10 Å². The van der Waals surface area contributed by atoms with Crippen molar-refractivity contribution in [1.82, 2.24) is 0 Å². The quantitative estimate of drug-likeness (QED) is 0.0261. The van der Waals surface area contributed by atoms with Gasteiger partial charge in [-0.25, -0.2) is 0 Å². The maximum absolute atomic E-state index is 12.8. The normalized spacial score (nSPS) is 13.4. The molecule has 0 aliphatic rings. The lowest BCUT2D eigenvalue weighted by Gasteiger charge is -2.18. The number of ether oxygens (including phenoxy) is 3. The highest BCUT2D eigenvalue weighted by Gasteiger charge is 2.19. The van der Waals surface area contributed by atoms with E-state index in [0.29, 0.717) is 12.8 Å². The zero-order chi connectivity index (χ0) is 55.7. The number of rotatable bonds is 52. The highest BCUT2D eigenvalue weighted by molar-refractivity contribution is 5.71. The largest absolute Gasteiger partial charge is 0.462 e. The van der Waals surface area contributed by atoms with Gasteiger partial charge in [0.25, 0.3) is 0 Å². The second-order valence-corrected chi connectivity index (χ2v) is 19.1. The molecule has 0 amide bonds. The zero-order valence-electron chi connectivity index (χ0n) is 48.9. The predicted molar refractivity (Wildman–Crippen MR) is 334 cm³/mol. The van der Waals surface area contributed by atoms with Gasteiger partial charge in [-0.2, -0.15) is 0 Å². The Morgan fingerprint density at radius 3 is 0.805 bits per heavy atom. The van der Waals surface area contributed by atoms with Crippen LogP contribution in [0.3, 0.4) is 0 Å². The monoisotopic (exact) mass is 1060 g/mol. The van der Waals surface area contributed by atoms with Crippen molar-refractivity contribution in [3.63, 3.8) is 0 Å². The minimum absolute atomic E-state index is 0.124. The smallest absolute Gasteiger partial charge is 0.306 e. The molecule has 6 heteroatoms. The van der Waals surface area contributed by atoms with Crippen molar-refractivity contribution >= 4 is 17.9 Å². The average molecular weight is 1060 g/mol. The highest BCUT2D eigenvalue weighted by atomic mass is 16.6. The minimum Gasteiger partial charge on any atom is -0.462 e. The first-order valence-electron chi connectivity index (χ1n) is 30.3. The van der Waals surface area contributed by atoms with E-state index in [1.165, 1.54) is 12.8 Å². The van der Waals surface area contributed by atoms with Crippen molar-refractivity contribution in [2.75, 3.05) is 13.2 Å². The van der Waals surface area contributed by atoms with Gasteiger partial charge in [0.15, 0.2) is 6.10 Å². The van der Waals surface area contributed by atoms with Gasteiger partial charge in [0.05, 0.1) is 0 Å². The Labute approximate surface area is 472 Å². The van der Waals surface area contributed by atoms with Crippen LogP contribution in [0.5, 0.6) is 0 Å².